The van der Waals surface area contributed by atoms with Gasteiger partial charge < -0.3 is 14.8 Å². The van der Waals surface area contributed by atoms with Gasteiger partial charge in [-0.25, -0.2) is 4.39 Å². The lowest BCUT2D eigenvalue weighted by Gasteiger charge is -2.25. The number of aromatic hydroxyl groups is 1. The van der Waals surface area contributed by atoms with Crippen molar-refractivity contribution < 1.29 is 27.4 Å². The van der Waals surface area contributed by atoms with Crippen LogP contribution < -0.4 is 0 Å². The van der Waals surface area contributed by atoms with Gasteiger partial charge in [-0.3, -0.25) is 4.90 Å². The Balaban J connectivity index is 1.75. The van der Waals surface area contributed by atoms with Gasteiger partial charge in [-0.15, -0.1) is 11.3 Å². The Bertz CT molecular complexity index is 1230. The summed E-state index contributed by atoms with van der Waals surface area (Å²) in [5.74, 6) is -1.38. The van der Waals surface area contributed by atoms with Crippen molar-refractivity contribution in [3.8, 4) is 17.0 Å². The molecule has 3 aromatic rings. The van der Waals surface area contributed by atoms with Crippen molar-refractivity contribution in [2.75, 3.05) is 32.8 Å². The SMILES string of the molecule is Oc1[nH]c(=S)sc1C(=CCN1CCOCC1)c1cccc(-c2ccc(F)c(C(F)(F)F)c2)c1. The monoisotopic (exact) mass is 496 g/mol. The first-order valence-electron chi connectivity index (χ1n) is 10.1. The van der Waals surface area contributed by atoms with Gasteiger partial charge in [0.25, 0.3) is 0 Å². The fourth-order valence-corrected chi connectivity index (χ4v) is 4.78. The number of alkyl halides is 3. The number of nitrogens with one attached hydrogen (secondary N) is 1. The maximum Gasteiger partial charge on any atom is 0.419 e. The molecule has 1 aromatic heterocycles. The summed E-state index contributed by atoms with van der Waals surface area (Å²) in [6, 6.07) is 9.86. The van der Waals surface area contributed by atoms with Gasteiger partial charge in [0, 0.05) is 25.2 Å². The molecule has 0 spiro atoms. The minimum atomic E-state index is -4.79. The van der Waals surface area contributed by atoms with E-state index in [1.54, 1.807) is 18.2 Å². The Morgan fingerprint density at radius 2 is 1.88 bits per heavy atom. The molecule has 2 aromatic carbocycles. The number of aromatic nitrogens is 1. The van der Waals surface area contributed by atoms with Crippen LogP contribution in [0.4, 0.5) is 17.6 Å². The van der Waals surface area contributed by atoms with Crippen LogP contribution in [-0.4, -0.2) is 47.8 Å². The topological polar surface area (TPSA) is 48.5 Å². The molecule has 0 amide bonds. The van der Waals surface area contributed by atoms with Crippen LogP contribution in [0, 0.1) is 9.77 Å². The first-order valence-corrected chi connectivity index (χ1v) is 11.3. The van der Waals surface area contributed by atoms with Crippen molar-refractivity contribution in [3.05, 3.63) is 74.3 Å². The highest BCUT2D eigenvalue weighted by Gasteiger charge is 2.34. The van der Waals surface area contributed by atoms with Crippen molar-refractivity contribution in [2.45, 2.75) is 6.18 Å². The van der Waals surface area contributed by atoms with Gasteiger partial charge in [-0.2, -0.15) is 13.2 Å². The number of benzene rings is 2. The zero-order valence-corrected chi connectivity index (χ0v) is 18.9. The molecule has 2 heterocycles. The van der Waals surface area contributed by atoms with E-state index >= 15 is 0 Å². The molecule has 0 unspecified atom stereocenters. The highest BCUT2D eigenvalue weighted by molar-refractivity contribution is 7.73. The number of thiazole rings is 1. The molecule has 0 saturated carbocycles. The predicted octanol–water partition coefficient (Wildman–Crippen LogP) is 6.10. The lowest BCUT2D eigenvalue weighted by atomic mass is 9.96. The second-order valence-electron chi connectivity index (χ2n) is 7.50. The number of hydrogen-bond donors (Lipinski definition) is 2. The van der Waals surface area contributed by atoms with Gasteiger partial charge in [-0.05, 0) is 47.1 Å². The van der Waals surface area contributed by atoms with Crippen LogP contribution in [0.25, 0.3) is 16.7 Å². The van der Waals surface area contributed by atoms with Crippen molar-refractivity contribution in [2.24, 2.45) is 0 Å². The van der Waals surface area contributed by atoms with E-state index in [2.05, 4.69) is 9.88 Å². The van der Waals surface area contributed by atoms with E-state index in [-0.39, 0.29) is 11.4 Å². The van der Waals surface area contributed by atoms with Crippen molar-refractivity contribution in [1.82, 2.24) is 9.88 Å². The molecule has 174 valence electrons. The first-order chi connectivity index (χ1) is 15.7. The van der Waals surface area contributed by atoms with E-state index < -0.39 is 17.6 Å². The number of morpholine rings is 1. The van der Waals surface area contributed by atoms with E-state index in [1.807, 2.05) is 12.1 Å². The predicted molar refractivity (Wildman–Crippen MR) is 122 cm³/mol. The van der Waals surface area contributed by atoms with Crippen LogP contribution in [0.3, 0.4) is 0 Å². The molecule has 1 aliphatic rings. The Morgan fingerprint density at radius 3 is 2.55 bits per heavy atom. The van der Waals surface area contributed by atoms with E-state index in [4.69, 9.17) is 17.0 Å². The summed E-state index contributed by atoms with van der Waals surface area (Å²) in [5.41, 5.74) is 0.822. The Hall–Kier alpha value is -2.53. The molecule has 0 bridgehead atoms. The summed E-state index contributed by atoms with van der Waals surface area (Å²) in [6.07, 6.45) is -2.83. The number of hydrogen-bond acceptors (Lipinski definition) is 5. The normalized spacial score (nSPS) is 15.7. The quantitative estimate of drug-likeness (QED) is 0.331. The van der Waals surface area contributed by atoms with Crippen LogP contribution in [0.1, 0.15) is 16.0 Å². The maximum atomic E-state index is 13.8. The van der Waals surface area contributed by atoms with Crippen LogP contribution in [0.5, 0.6) is 5.88 Å². The molecular formula is C23H20F4N2O2S2. The zero-order valence-electron chi connectivity index (χ0n) is 17.3. The standard InChI is InChI=1S/C23H20F4N2O2S2/c24-19-5-4-15(13-18(19)23(25,26)27)14-2-1-3-16(12-14)17(20-21(30)28-22(32)33-20)6-7-29-8-10-31-11-9-29/h1-6,12-13,30H,7-11H2,(H,28,32). The van der Waals surface area contributed by atoms with Crippen LogP contribution in [0.2, 0.25) is 0 Å². The van der Waals surface area contributed by atoms with E-state index in [0.717, 1.165) is 25.2 Å². The van der Waals surface area contributed by atoms with Gasteiger partial charge in [0.15, 0.2) is 3.95 Å². The molecule has 0 radical (unpaired) electrons. The zero-order chi connectivity index (χ0) is 23.6. The average molecular weight is 497 g/mol. The molecule has 4 nitrogen and oxygen atoms in total. The lowest BCUT2D eigenvalue weighted by Crippen LogP contribution is -2.36. The minimum Gasteiger partial charge on any atom is -0.494 e. The molecular weight excluding hydrogens is 476 g/mol. The number of aromatic amines is 1. The molecule has 0 atom stereocenters. The molecule has 10 heteroatoms. The van der Waals surface area contributed by atoms with Crippen LogP contribution in [0.15, 0.2) is 48.5 Å². The van der Waals surface area contributed by atoms with E-state index in [0.29, 0.717) is 45.3 Å². The van der Waals surface area contributed by atoms with Crippen molar-refractivity contribution in [3.63, 3.8) is 0 Å². The highest BCUT2D eigenvalue weighted by atomic mass is 32.1. The summed E-state index contributed by atoms with van der Waals surface area (Å²) >= 11 is 6.38. The third kappa shape index (κ3) is 5.52. The largest absolute Gasteiger partial charge is 0.494 e. The fraction of sp³-hybridized carbons (Fsp3) is 0.261. The third-order valence-electron chi connectivity index (χ3n) is 5.31. The molecule has 1 aliphatic heterocycles. The van der Waals surface area contributed by atoms with Gasteiger partial charge in [0.2, 0.25) is 5.88 Å². The lowest BCUT2D eigenvalue weighted by molar-refractivity contribution is -0.139. The average Bonchev–Trinajstić information content (AvgIpc) is 3.12. The molecule has 33 heavy (non-hydrogen) atoms. The molecule has 1 fully saturated rings. The maximum absolute atomic E-state index is 13.8. The smallest absolute Gasteiger partial charge is 0.419 e. The first kappa shape index (κ1) is 23.6. The second-order valence-corrected chi connectivity index (χ2v) is 9.18. The van der Waals surface area contributed by atoms with Crippen molar-refractivity contribution in [1.29, 1.82) is 0 Å². The molecule has 0 aliphatic carbocycles. The van der Waals surface area contributed by atoms with Crippen LogP contribution in [-0.2, 0) is 10.9 Å². The molecule has 1 saturated heterocycles. The van der Waals surface area contributed by atoms with Gasteiger partial charge in [0.1, 0.15) is 5.82 Å². The Kier molecular flexibility index (Phi) is 6.99. The third-order valence-corrected chi connectivity index (χ3v) is 6.57. The van der Waals surface area contributed by atoms with E-state index in [1.165, 1.54) is 17.4 Å². The second kappa shape index (κ2) is 9.76. The van der Waals surface area contributed by atoms with E-state index in [9.17, 15) is 22.7 Å². The van der Waals surface area contributed by atoms with Gasteiger partial charge in [-0.1, -0.05) is 30.3 Å². The summed E-state index contributed by atoms with van der Waals surface area (Å²) < 4.78 is 59.1. The van der Waals surface area contributed by atoms with Crippen LogP contribution >= 0.6 is 23.6 Å². The number of nitrogens with zero attached hydrogens (tertiary/aromatic N) is 1. The van der Waals surface area contributed by atoms with Gasteiger partial charge >= 0.3 is 6.18 Å². The molecule has 4 rings (SSSR count). The van der Waals surface area contributed by atoms with Crippen molar-refractivity contribution >= 4 is 29.1 Å². The summed E-state index contributed by atoms with van der Waals surface area (Å²) in [7, 11) is 0. The fourth-order valence-electron chi connectivity index (χ4n) is 3.64. The molecule has 2 N–H and O–H groups in total. The summed E-state index contributed by atoms with van der Waals surface area (Å²) in [6.45, 7) is 3.42. The van der Waals surface area contributed by atoms with Gasteiger partial charge in [0.05, 0.1) is 23.7 Å². The Labute approximate surface area is 196 Å². The minimum absolute atomic E-state index is 0.0650. The summed E-state index contributed by atoms with van der Waals surface area (Å²) in [5, 5.41) is 10.4. The number of rotatable bonds is 5. The number of ether oxygens (including phenoxy) is 1. The number of H-pyrrole nitrogens is 1. The highest BCUT2D eigenvalue weighted by Crippen LogP contribution is 2.37. The Morgan fingerprint density at radius 1 is 1.15 bits per heavy atom. The number of halogens is 4. The summed E-state index contributed by atoms with van der Waals surface area (Å²) in [4.78, 5) is 5.46.